The van der Waals surface area contributed by atoms with Crippen LogP contribution in [0.1, 0.15) is 17.8 Å². The van der Waals surface area contributed by atoms with E-state index in [1.807, 2.05) is 51.9 Å². The third-order valence-electron chi connectivity index (χ3n) is 4.84. The lowest BCUT2D eigenvalue weighted by atomic mass is 10.0. The first-order chi connectivity index (χ1) is 12.8. The molecule has 0 aliphatic carbocycles. The molecular formula is C20H21N5O. The fraction of sp³-hybridized carbons (Fsp3) is 0.300. The molecule has 2 aromatic heterocycles. The molecule has 1 unspecified atom stereocenters. The molecule has 26 heavy (non-hydrogen) atoms. The topological polar surface area (TPSA) is 63.9 Å². The maximum atomic E-state index is 12.5. The molecule has 1 atom stereocenters. The second-order valence-electron chi connectivity index (χ2n) is 6.69. The molecule has 1 aliphatic heterocycles. The SMILES string of the molecule is O=C(Cc1cccnc1)N1CCC(Cc2nncn2-c2ccccc2)C1. The minimum atomic E-state index is 0.171. The molecular weight excluding hydrogens is 326 g/mol. The molecule has 0 N–H and O–H groups in total. The smallest absolute Gasteiger partial charge is 0.227 e. The number of carbonyl (C=O) groups is 1. The lowest BCUT2D eigenvalue weighted by Crippen LogP contribution is -2.30. The van der Waals surface area contributed by atoms with Crippen LogP contribution in [0.4, 0.5) is 0 Å². The zero-order chi connectivity index (χ0) is 17.8. The molecule has 1 fully saturated rings. The number of aromatic nitrogens is 4. The van der Waals surface area contributed by atoms with Gasteiger partial charge in [-0.25, -0.2) is 0 Å². The van der Waals surface area contributed by atoms with Crippen molar-refractivity contribution in [2.45, 2.75) is 19.3 Å². The Kier molecular flexibility index (Phi) is 4.73. The van der Waals surface area contributed by atoms with Crippen LogP contribution in [0.25, 0.3) is 5.69 Å². The zero-order valence-corrected chi connectivity index (χ0v) is 14.5. The van der Waals surface area contributed by atoms with E-state index in [4.69, 9.17) is 0 Å². The summed E-state index contributed by atoms with van der Waals surface area (Å²) in [4.78, 5) is 18.6. The number of hydrogen-bond acceptors (Lipinski definition) is 4. The molecule has 3 heterocycles. The van der Waals surface area contributed by atoms with E-state index in [0.29, 0.717) is 12.3 Å². The maximum Gasteiger partial charge on any atom is 0.227 e. The highest BCUT2D eigenvalue weighted by molar-refractivity contribution is 5.78. The average molecular weight is 347 g/mol. The lowest BCUT2D eigenvalue weighted by molar-refractivity contribution is -0.129. The summed E-state index contributed by atoms with van der Waals surface area (Å²) in [6.07, 6.45) is 7.48. The van der Waals surface area contributed by atoms with Gasteiger partial charge < -0.3 is 4.90 Å². The van der Waals surface area contributed by atoms with Gasteiger partial charge in [-0.3, -0.25) is 14.3 Å². The number of rotatable bonds is 5. The quantitative estimate of drug-likeness (QED) is 0.710. The molecule has 0 spiro atoms. The summed E-state index contributed by atoms with van der Waals surface area (Å²) in [5, 5.41) is 8.37. The Hall–Kier alpha value is -3.02. The first kappa shape index (κ1) is 16.4. The molecule has 1 aliphatic rings. The number of carbonyl (C=O) groups excluding carboxylic acids is 1. The van der Waals surface area contributed by atoms with Crippen LogP contribution in [-0.2, 0) is 17.6 Å². The molecule has 1 aromatic carbocycles. The van der Waals surface area contributed by atoms with E-state index in [9.17, 15) is 4.79 Å². The van der Waals surface area contributed by atoms with Crippen LogP contribution in [0.3, 0.4) is 0 Å². The molecule has 132 valence electrons. The van der Waals surface area contributed by atoms with Crippen LogP contribution in [0.15, 0.2) is 61.2 Å². The Bertz CT molecular complexity index is 862. The minimum Gasteiger partial charge on any atom is -0.342 e. The van der Waals surface area contributed by atoms with Crippen molar-refractivity contribution < 1.29 is 4.79 Å². The molecule has 0 radical (unpaired) electrons. The normalized spacial score (nSPS) is 16.8. The fourth-order valence-corrected chi connectivity index (χ4v) is 3.48. The Morgan fingerprint density at radius 1 is 1.15 bits per heavy atom. The van der Waals surface area contributed by atoms with Crippen molar-refractivity contribution in [3.8, 4) is 5.69 Å². The van der Waals surface area contributed by atoms with Gasteiger partial charge in [0, 0.05) is 37.6 Å². The Labute approximate surface area is 152 Å². The molecule has 1 amide bonds. The van der Waals surface area contributed by atoms with E-state index >= 15 is 0 Å². The average Bonchev–Trinajstić information content (AvgIpc) is 3.33. The van der Waals surface area contributed by atoms with Crippen molar-refractivity contribution in [3.05, 3.63) is 72.6 Å². The predicted molar refractivity (Wildman–Crippen MR) is 97.7 cm³/mol. The Morgan fingerprint density at radius 2 is 2.04 bits per heavy atom. The largest absolute Gasteiger partial charge is 0.342 e. The molecule has 6 nitrogen and oxygen atoms in total. The highest BCUT2D eigenvalue weighted by Crippen LogP contribution is 2.22. The maximum absolute atomic E-state index is 12.5. The van der Waals surface area contributed by atoms with E-state index in [0.717, 1.165) is 43.0 Å². The summed E-state index contributed by atoms with van der Waals surface area (Å²) >= 11 is 0. The Morgan fingerprint density at radius 3 is 2.85 bits per heavy atom. The van der Waals surface area contributed by atoms with Gasteiger partial charge >= 0.3 is 0 Å². The number of pyridine rings is 1. The van der Waals surface area contributed by atoms with Crippen molar-refractivity contribution in [1.29, 1.82) is 0 Å². The van der Waals surface area contributed by atoms with Crippen LogP contribution in [0, 0.1) is 5.92 Å². The molecule has 4 rings (SSSR count). The van der Waals surface area contributed by atoms with Gasteiger partial charge in [0.15, 0.2) is 0 Å². The third-order valence-corrected chi connectivity index (χ3v) is 4.84. The van der Waals surface area contributed by atoms with Crippen molar-refractivity contribution >= 4 is 5.91 Å². The summed E-state index contributed by atoms with van der Waals surface area (Å²) in [5.41, 5.74) is 2.03. The van der Waals surface area contributed by atoms with E-state index < -0.39 is 0 Å². The number of amides is 1. The van der Waals surface area contributed by atoms with Crippen LogP contribution in [0.2, 0.25) is 0 Å². The van der Waals surface area contributed by atoms with Gasteiger partial charge in [-0.05, 0) is 36.1 Å². The zero-order valence-electron chi connectivity index (χ0n) is 14.5. The van der Waals surface area contributed by atoms with Gasteiger partial charge in [0.1, 0.15) is 12.2 Å². The summed E-state index contributed by atoms with van der Waals surface area (Å²) in [6, 6.07) is 13.9. The summed E-state index contributed by atoms with van der Waals surface area (Å²) in [7, 11) is 0. The van der Waals surface area contributed by atoms with E-state index in [-0.39, 0.29) is 5.91 Å². The van der Waals surface area contributed by atoms with Crippen LogP contribution in [-0.4, -0.2) is 43.6 Å². The lowest BCUT2D eigenvalue weighted by Gasteiger charge is -2.16. The highest BCUT2D eigenvalue weighted by Gasteiger charge is 2.27. The number of likely N-dealkylation sites (tertiary alicyclic amines) is 1. The predicted octanol–water partition coefficient (Wildman–Crippen LogP) is 2.30. The first-order valence-corrected chi connectivity index (χ1v) is 8.90. The second-order valence-corrected chi connectivity index (χ2v) is 6.69. The minimum absolute atomic E-state index is 0.171. The number of para-hydroxylation sites is 1. The number of benzene rings is 1. The summed E-state index contributed by atoms with van der Waals surface area (Å²) in [6.45, 7) is 1.59. The van der Waals surface area contributed by atoms with Gasteiger partial charge in [0.25, 0.3) is 0 Å². The van der Waals surface area contributed by atoms with Crippen molar-refractivity contribution in [2.24, 2.45) is 5.92 Å². The van der Waals surface area contributed by atoms with Gasteiger partial charge in [0.05, 0.1) is 6.42 Å². The van der Waals surface area contributed by atoms with Crippen molar-refractivity contribution in [3.63, 3.8) is 0 Å². The fourth-order valence-electron chi connectivity index (χ4n) is 3.48. The Balaban J connectivity index is 1.38. The van der Waals surface area contributed by atoms with Gasteiger partial charge in [0.2, 0.25) is 5.91 Å². The van der Waals surface area contributed by atoms with Crippen molar-refractivity contribution in [2.75, 3.05) is 13.1 Å². The number of hydrogen-bond donors (Lipinski definition) is 0. The van der Waals surface area contributed by atoms with E-state index in [2.05, 4.69) is 15.2 Å². The molecule has 0 bridgehead atoms. The molecule has 6 heteroatoms. The third kappa shape index (κ3) is 3.64. The summed E-state index contributed by atoms with van der Waals surface area (Å²) < 4.78 is 2.03. The summed E-state index contributed by atoms with van der Waals surface area (Å²) in [5.74, 6) is 1.53. The molecule has 1 saturated heterocycles. The monoisotopic (exact) mass is 347 g/mol. The highest BCUT2D eigenvalue weighted by atomic mass is 16.2. The van der Waals surface area contributed by atoms with Crippen LogP contribution in [0.5, 0.6) is 0 Å². The van der Waals surface area contributed by atoms with E-state index in [1.54, 1.807) is 18.7 Å². The van der Waals surface area contributed by atoms with Gasteiger partial charge in [-0.2, -0.15) is 0 Å². The van der Waals surface area contributed by atoms with Gasteiger partial charge in [-0.15, -0.1) is 10.2 Å². The van der Waals surface area contributed by atoms with Crippen LogP contribution >= 0.6 is 0 Å². The standard InChI is InChI=1S/C20H21N5O/c26-20(12-16-5-4-9-21-13-16)24-10-8-17(14-24)11-19-23-22-15-25(19)18-6-2-1-3-7-18/h1-7,9,13,15,17H,8,10-12,14H2. The number of nitrogens with zero attached hydrogens (tertiary/aromatic N) is 5. The molecule has 0 saturated carbocycles. The molecule has 3 aromatic rings. The van der Waals surface area contributed by atoms with Crippen molar-refractivity contribution in [1.82, 2.24) is 24.6 Å². The van der Waals surface area contributed by atoms with Crippen LogP contribution < -0.4 is 0 Å². The van der Waals surface area contributed by atoms with E-state index in [1.165, 1.54) is 0 Å². The first-order valence-electron chi connectivity index (χ1n) is 8.90. The van der Waals surface area contributed by atoms with Gasteiger partial charge in [-0.1, -0.05) is 24.3 Å². The second kappa shape index (κ2) is 7.47.